The Balaban J connectivity index is 1.66. The van der Waals surface area contributed by atoms with Crippen LogP contribution in [0.2, 0.25) is 0 Å². The maximum atomic E-state index is 9.33. The molecule has 0 heteroatoms. The molecule has 0 radical (unpaired) electrons. The summed E-state index contributed by atoms with van der Waals surface area (Å²) in [5, 5.41) is 4.60. The van der Waals surface area contributed by atoms with Gasteiger partial charge in [-0.15, -0.1) is 0 Å². The molecule has 0 bridgehead atoms. The van der Waals surface area contributed by atoms with Crippen LogP contribution in [0.1, 0.15) is 11.0 Å². The van der Waals surface area contributed by atoms with Crippen molar-refractivity contribution < 1.29 is 11.0 Å². The monoisotopic (exact) mass is 514 g/mol. The lowest BCUT2D eigenvalue weighted by Gasteiger charge is -2.20. The van der Waals surface area contributed by atoms with Crippen molar-refractivity contribution in [2.75, 3.05) is 0 Å². The van der Waals surface area contributed by atoms with Crippen molar-refractivity contribution in [3.63, 3.8) is 0 Å². The van der Waals surface area contributed by atoms with E-state index in [9.17, 15) is 5.48 Å². The van der Waals surface area contributed by atoms with Gasteiger partial charge in [-0.05, 0) is 82.5 Å². The summed E-state index contributed by atoms with van der Waals surface area (Å²) in [6, 6.07) is 32.2. The van der Waals surface area contributed by atoms with E-state index < -0.39 is 24.2 Å². The second-order valence-corrected chi connectivity index (χ2v) is 9.88. The molecule has 0 atom stereocenters. The summed E-state index contributed by atoms with van der Waals surface area (Å²) in [6.07, 6.45) is 0. The van der Waals surface area contributed by atoms with Crippen LogP contribution < -0.4 is 0 Å². The predicted molar refractivity (Wildman–Crippen MR) is 173 cm³/mol. The van der Waals surface area contributed by atoms with E-state index in [1.54, 1.807) is 0 Å². The van der Waals surface area contributed by atoms with E-state index in [0.717, 1.165) is 32.7 Å². The van der Waals surface area contributed by atoms with Crippen LogP contribution >= 0.6 is 0 Å². The van der Waals surface area contributed by atoms with E-state index in [4.69, 9.17) is 5.48 Å². The molecule has 0 amide bonds. The molecule has 0 fully saturated rings. The van der Waals surface area contributed by atoms with E-state index in [0.29, 0.717) is 22.3 Å². The van der Waals surface area contributed by atoms with Gasteiger partial charge in [0.2, 0.25) is 0 Å². The second-order valence-electron chi connectivity index (χ2n) is 9.88. The molecule has 8 rings (SSSR count). The van der Waals surface area contributed by atoms with Crippen LogP contribution in [0.5, 0.6) is 0 Å². The van der Waals surface area contributed by atoms with Crippen molar-refractivity contribution in [1.29, 1.82) is 0 Å². The molecular weight excluding hydrogens is 480 g/mol. The smallest absolute Gasteiger partial charge is 0.0616 e. The van der Waals surface area contributed by atoms with Crippen LogP contribution in [0, 0.1) is 0 Å². The van der Waals surface area contributed by atoms with Crippen molar-refractivity contribution >= 4 is 43.1 Å². The summed E-state index contributed by atoms with van der Waals surface area (Å²) in [5.41, 5.74) is 3.54. The van der Waals surface area contributed by atoms with Gasteiger partial charge in [0.05, 0.1) is 11.0 Å². The minimum atomic E-state index is -0.416. The van der Waals surface area contributed by atoms with Gasteiger partial charge in [-0.3, -0.25) is 0 Å². The first kappa shape index (κ1) is 16.0. The number of hydrogen-bond acceptors (Lipinski definition) is 0. The zero-order valence-corrected chi connectivity index (χ0v) is 21.4. The Bertz CT molecular complexity index is 2570. The predicted octanol–water partition coefficient (Wildman–Crippen LogP) is 11.3. The summed E-state index contributed by atoms with van der Waals surface area (Å²) in [4.78, 5) is 0. The molecule has 186 valence electrons. The number of rotatable bonds is 3. The normalized spacial score (nSPS) is 14.3. The van der Waals surface area contributed by atoms with E-state index >= 15 is 0 Å². The largest absolute Gasteiger partial charge is 0.0629 e. The Labute approximate surface area is 245 Å². The average molecular weight is 515 g/mol. The second kappa shape index (κ2) is 9.22. The highest BCUT2D eigenvalue weighted by Crippen LogP contribution is 2.47. The van der Waals surface area contributed by atoms with Gasteiger partial charge >= 0.3 is 0 Å². The summed E-state index contributed by atoms with van der Waals surface area (Å²) in [6.45, 7) is 0. The lowest BCUT2D eigenvalue weighted by molar-refractivity contribution is 1.62. The first-order valence-electron chi connectivity index (χ1n) is 17.2. The quantitative estimate of drug-likeness (QED) is 0.206. The summed E-state index contributed by atoms with van der Waals surface area (Å²) in [5.74, 6) is 0. The van der Waals surface area contributed by atoms with Crippen LogP contribution in [0.15, 0.2) is 158 Å². The summed E-state index contributed by atoms with van der Waals surface area (Å²) in [7, 11) is 0. The first-order chi connectivity index (χ1) is 23.2. The Kier molecular flexibility index (Phi) is 3.70. The van der Waals surface area contributed by atoms with Crippen LogP contribution in [-0.2, 0) is 0 Å². The van der Waals surface area contributed by atoms with Gasteiger partial charge in [-0.2, -0.15) is 0 Å². The van der Waals surface area contributed by atoms with Crippen LogP contribution in [0.3, 0.4) is 0 Å². The van der Waals surface area contributed by atoms with Gasteiger partial charge in [0, 0.05) is 0 Å². The standard InChI is InChI=1S/C40H26/c1-2-14-29-26-30(25-24-27(29)12-1)32-17-5-6-18-33(32)39-35-19-7-9-21-37(35)40(38-22-10-8-20-36(38)39)34-23-11-15-28-13-3-4-16-31(28)34/h1-26H/i7D,8D,9D,10D,19D,20D,21D,22D. The maximum Gasteiger partial charge on any atom is 0.0629 e. The minimum Gasteiger partial charge on any atom is -0.0616 e. The van der Waals surface area contributed by atoms with Crippen LogP contribution in [0.4, 0.5) is 0 Å². The third kappa shape index (κ3) is 3.54. The zero-order chi connectivity index (χ0) is 33.4. The molecule has 0 saturated heterocycles. The van der Waals surface area contributed by atoms with E-state index in [-0.39, 0.29) is 45.7 Å². The van der Waals surface area contributed by atoms with Gasteiger partial charge in [-0.25, -0.2) is 0 Å². The third-order valence-corrected chi connectivity index (χ3v) is 7.69. The lowest BCUT2D eigenvalue weighted by Crippen LogP contribution is -1.93. The Morgan fingerprint density at radius 3 is 1.55 bits per heavy atom. The number of hydrogen-bond donors (Lipinski definition) is 0. The van der Waals surface area contributed by atoms with E-state index in [1.807, 2.05) is 103 Å². The molecule has 0 N–H and O–H groups in total. The molecule has 0 saturated carbocycles. The highest BCUT2D eigenvalue weighted by Gasteiger charge is 2.19. The molecular formula is C40H26. The fourth-order valence-corrected chi connectivity index (χ4v) is 5.92. The molecule has 40 heavy (non-hydrogen) atoms. The van der Waals surface area contributed by atoms with Gasteiger partial charge < -0.3 is 0 Å². The molecule has 0 heterocycles. The summed E-state index contributed by atoms with van der Waals surface area (Å²) < 4.78 is 72.3. The van der Waals surface area contributed by atoms with Crippen molar-refractivity contribution in [3.05, 3.63) is 158 Å². The molecule has 8 aromatic carbocycles. The van der Waals surface area contributed by atoms with Crippen molar-refractivity contribution in [2.45, 2.75) is 0 Å². The Hall–Kier alpha value is -5.20. The van der Waals surface area contributed by atoms with Crippen molar-refractivity contribution in [2.24, 2.45) is 0 Å². The lowest BCUT2D eigenvalue weighted by atomic mass is 9.83. The molecule has 0 aliphatic carbocycles. The third-order valence-electron chi connectivity index (χ3n) is 7.69. The molecule has 0 aliphatic heterocycles. The Morgan fingerprint density at radius 2 is 0.850 bits per heavy atom. The van der Waals surface area contributed by atoms with E-state index in [2.05, 4.69) is 6.07 Å². The fourth-order valence-electron chi connectivity index (χ4n) is 5.92. The topological polar surface area (TPSA) is 0 Å². The highest BCUT2D eigenvalue weighted by molar-refractivity contribution is 6.24. The molecule has 0 nitrogen and oxygen atoms in total. The van der Waals surface area contributed by atoms with Crippen molar-refractivity contribution in [1.82, 2.24) is 0 Å². The van der Waals surface area contributed by atoms with Gasteiger partial charge in [0.25, 0.3) is 0 Å². The van der Waals surface area contributed by atoms with Gasteiger partial charge in [0.1, 0.15) is 0 Å². The Morgan fingerprint density at radius 1 is 0.350 bits per heavy atom. The zero-order valence-electron chi connectivity index (χ0n) is 29.4. The fraction of sp³-hybridized carbons (Fsp3) is 0. The van der Waals surface area contributed by atoms with Gasteiger partial charge in [0.15, 0.2) is 0 Å². The molecule has 0 spiro atoms. The van der Waals surface area contributed by atoms with Gasteiger partial charge in [-0.1, -0.05) is 151 Å². The van der Waals surface area contributed by atoms with Crippen LogP contribution in [-0.4, -0.2) is 0 Å². The van der Waals surface area contributed by atoms with Crippen molar-refractivity contribution in [3.8, 4) is 33.4 Å². The number of fused-ring (bicyclic) bond motifs is 4. The SMILES string of the molecule is [2H]c1c([2H])c([2H])c2c(-c3cccc4ccccc34)c3c([2H])c([2H])c([2H])c([2H])c3c(-c3ccccc3-c3ccc4ccccc4c3)c2c1[2H]. The molecule has 0 aromatic heterocycles. The molecule has 8 aromatic rings. The minimum absolute atomic E-state index is 0.203. The van der Waals surface area contributed by atoms with Crippen LogP contribution in [0.25, 0.3) is 76.5 Å². The average Bonchev–Trinajstić information content (AvgIpc) is 3.13. The molecule has 0 aliphatic rings. The first-order valence-corrected chi connectivity index (χ1v) is 13.2. The number of benzene rings is 8. The summed E-state index contributed by atoms with van der Waals surface area (Å²) >= 11 is 0. The molecule has 0 unspecified atom stereocenters. The van der Waals surface area contributed by atoms with E-state index in [1.165, 1.54) is 0 Å². The highest BCUT2D eigenvalue weighted by atomic mass is 14.2. The maximum absolute atomic E-state index is 9.33.